The van der Waals surface area contributed by atoms with Crippen molar-refractivity contribution in [3.8, 4) is 0 Å². The predicted molar refractivity (Wildman–Crippen MR) is 88.9 cm³/mol. The lowest BCUT2D eigenvalue weighted by molar-refractivity contribution is 0.0585. The molecule has 0 aromatic carbocycles. The molecule has 1 aliphatic carbocycles. The molecular formula is C15H19BrN4O2. The standard InChI is InChI=1S/C15H19BrN4O2/c1-8-11-7-12(16)14(21)20(13(11)19-15(17)18-8)9-3-5-10(22-2)6-4-9/h7,9-10H,3-6H2,1-2H3,(H2,17,18,19)/t9-,10-. The van der Waals surface area contributed by atoms with Crippen LogP contribution in [0, 0.1) is 6.92 Å². The molecule has 2 aromatic rings. The van der Waals surface area contributed by atoms with Crippen molar-refractivity contribution in [3.05, 3.63) is 26.6 Å². The van der Waals surface area contributed by atoms with Crippen LogP contribution in [0.2, 0.25) is 0 Å². The van der Waals surface area contributed by atoms with Crippen LogP contribution in [0.1, 0.15) is 37.4 Å². The fraction of sp³-hybridized carbons (Fsp3) is 0.533. The summed E-state index contributed by atoms with van der Waals surface area (Å²) >= 11 is 3.37. The van der Waals surface area contributed by atoms with Gasteiger partial charge in [0.1, 0.15) is 5.65 Å². The molecule has 0 radical (unpaired) electrons. The number of pyridine rings is 1. The molecule has 1 fully saturated rings. The summed E-state index contributed by atoms with van der Waals surface area (Å²) in [5.74, 6) is 0.200. The van der Waals surface area contributed by atoms with Gasteiger partial charge in [-0.05, 0) is 54.6 Å². The first kappa shape index (κ1) is 15.4. The number of aryl methyl sites for hydroxylation is 1. The zero-order valence-corrected chi connectivity index (χ0v) is 14.3. The molecule has 2 heterocycles. The second kappa shape index (κ2) is 5.96. The molecule has 1 aliphatic rings. The number of fused-ring (bicyclic) bond motifs is 1. The Bertz CT molecular complexity index is 766. The lowest BCUT2D eigenvalue weighted by Crippen LogP contribution is -2.31. The van der Waals surface area contributed by atoms with Crippen molar-refractivity contribution in [3.63, 3.8) is 0 Å². The monoisotopic (exact) mass is 366 g/mol. The van der Waals surface area contributed by atoms with E-state index in [1.807, 2.05) is 6.92 Å². The molecule has 2 aromatic heterocycles. The molecular weight excluding hydrogens is 348 g/mol. The number of ether oxygens (including phenoxy) is 1. The van der Waals surface area contributed by atoms with Gasteiger partial charge in [0.15, 0.2) is 0 Å². The summed E-state index contributed by atoms with van der Waals surface area (Å²) in [4.78, 5) is 21.2. The van der Waals surface area contributed by atoms with Crippen LogP contribution in [0.5, 0.6) is 0 Å². The number of aromatic nitrogens is 3. The molecule has 3 rings (SSSR count). The van der Waals surface area contributed by atoms with Crippen LogP contribution in [-0.2, 0) is 4.74 Å². The van der Waals surface area contributed by atoms with E-state index in [1.54, 1.807) is 17.7 Å². The topological polar surface area (TPSA) is 83.0 Å². The van der Waals surface area contributed by atoms with Crippen molar-refractivity contribution >= 4 is 32.9 Å². The Labute approximate surface area is 136 Å². The summed E-state index contributed by atoms with van der Waals surface area (Å²) in [7, 11) is 1.74. The Balaban J connectivity index is 2.16. The Morgan fingerprint density at radius 2 is 2.00 bits per heavy atom. The van der Waals surface area contributed by atoms with Crippen LogP contribution in [-0.4, -0.2) is 27.7 Å². The SMILES string of the molecule is CO[C@H]1CC[C@H](n2c(=O)c(Br)cc3c(C)nc(N)nc32)CC1. The van der Waals surface area contributed by atoms with E-state index < -0.39 is 0 Å². The van der Waals surface area contributed by atoms with Gasteiger partial charge < -0.3 is 10.5 Å². The van der Waals surface area contributed by atoms with E-state index in [0.717, 1.165) is 36.8 Å². The van der Waals surface area contributed by atoms with E-state index in [-0.39, 0.29) is 23.7 Å². The number of nitrogens with two attached hydrogens (primary N) is 1. The van der Waals surface area contributed by atoms with Gasteiger partial charge in [0.25, 0.3) is 5.56 Å². The molecule has 0 amide bonds. The first-order valence-electron chi connectivity index (χ1n) is 7.39. The van der Waals surface area contributed by atoms with Crippen LogP contribution in [0.15, 0.2) is 15.3 Å². The third kappa shape index (κ3) is 2.63. The van der Waals surface area contributed by atoms with E-state index in [2.05, 4.69) is 25.9 Å². The third-order valence-corrected chi connectivity index (χ3v) is 4.97. The maximum atomic E-state index is 12.6. The van der Waals surface area contributed by atoms with Crippen LogP contribution in [0.3, 0.4) is 0 Å². The van der Waals surface area contributed by atoms with Crippen LogP contribution < -0.4 is 11.3 Å². The number of hydrogen-bond acceptors (Lipinski definition) is 5. The molecule has 2 N–H and O–H groups in total. The molecule has 6 nitrogen and oxygen atoms in total. The predicted octanol–water partition coefficient (Wildman–Crippen LogP) is 2.57. The van der Waals surface area contributed by atoms with E-state index in [0.29, 0.717) is 10.1 Å². The lowest BCUT2D eigenvalue weighted by Gasteiger charge is -2.29. The fourth-order valence-electron chi connectivity index (χ4n) is 3.22. The maximum Gasteiger partial charge on any atom is 0.266 e. The number of anilines is 1. The molecule has 0 unspecified atom stereocenters. The van der Waals surface area contributed by atoms with Crippen molar-refractivity contribution in [2.45, 2.75) is 44.8 Å². The summed E-state index contributed by atoms with van der Waals surface area (Å²) < 4.78 is 7.72. The van der Waals surface area contributed by atoms with E-state index in [4.69, 9.17) is 10.5 Å². The van der Waals surface area contributed by atoms with Crippen molar-refractivity contribution in [1.82, 2.24) is 14.5 Å². The van der Waals surface area contributed by atoms with Crippen LogP contribution in [0.25, 0.3) is 11.0 Å². The average molecular weight is 367 g/mol. The van der Waals surface area contributed by atoms with Gasteiger partial charge in [-0.1, -0.05) is 0 Å². The molecule has 0 aliphatic heterocycles. The molecule has 0 atom stereocenters. The van der Waals surface area contributed by atoms with Crippen molar-refractivity contribution in [2.75, 3.05) is 12.8 Å². The van der Waals surface area contributed by atoms with Gasteiger partial charge in [0.2, 0.25) is 5.95 Å². The second-order valence-electron chi connectivity index (χ2n) is 5.74. The van der Waals surface area contributed by atoms with E-state index >= 15 is 0 Å². The van der Waals surface area contributed by atoms with Gasteiger partial charge in [-0.15, -0.1) is 0 Å². The lowest BCUT2D eigenvalue weighted by atomic mass is 9.92. The minimum Gasteiger partial charge on any atom is -0.381 e. The van der Waals surface area contributed by atoms with Gasteiger partial charge in [-0.25, -0.2) is 4.98 Å². The highest BCUT2D eigenvalue weighted by Gasteiger charge is 2.25. The number of halogens is 1. The quantitative estimate of drug-likeness (QED) is 0.882. The number of nitrogens with zero attached hydrogens (tertiary/aromatic N) is 3. The Hall–Kier alpha value is -1.47. The fourth-order valence-corrected chi connectivity index (χ4v) is 3.64. The minimum absolute atomic E-state index is 0.0640. The first-order valence-corrected chi connectivity index (χ1v) is 8.18. The number of hydrogen-bond donors (Lipinski definition) is 1. The van der Waals surface area contributed by atoms with Gasteiger partial charge >= 0.3 is 0 Å². The summed E-state index contributed by atoms with van der Waals surface area (Å²) in [6.07, 6.45) is 3.97. The van der Waals surface area contributed by atoms with Crippen LogP contribution in [0.4, 0.5) is 5.95 Å². The highest BCUT2D eigenvalue weighted by atomic mass is 79.9. The zero-order chi connectivity index (χ0) is 15.9. The summed E-state index contributed by atoms with van der Waals surface area (Å²) in [6.45, 7) is 1.88. The Morgan fingerprint density at radius 3 is 2.64 bits per heavy atom. The molecule has 1 saturated carbocycles. The maximum absolute atomic E-state index is 12.6. The molecule has 0 bridgehead atoms. The van der Waals surface area contributed by atoms with Crippen molar-refractivity contribution < 1.29 is 4.74 Å². The summed E-state index contributed by atoms with van der Waals surface area (Å²) in [5, 5.41) is 0.856. The highest BCUT2D eigenvalue weighted by molar-refractivity contribution is 9.10. The van der Waals surface area contributed by atoms with Crippen molar-refractivity contribution in [2.24, 2.45) is 0 Å². The first-order chi connectivity index (χ1) is 10.5. The van der Waals surface area contributed by atoms with Crippen LogP contribution >= 0.6 is 15.9 Å². The van der Waals surface area contributed by atoms with Crippen molar-refractivity contribution in [1.29, 1.82) is 0 Å². The van der Waals surface area contributed by atoms with Gasteiger partial charge in [0.05, 0.1) is 16.3 Å². The number of rotatable bonds is 2. The minimum atomic E-state index is -0.0640. The zero-order valence-electron chi connectivity index (χ0n) is 12.7. The Kier molecular flexibility index (Phi) is 4.18. The van der Waals surface area contributed by atoms with Gasteiger partial charge in [-0.2, -0.15) is 4.98 Å². The van der Waals surface area contributed by atoms with E-state index in [1.165, 1.54) is 0 Å². The second-order valence-corrected chi connectivity index (χ2v) is 6.59. The normalized spacial score (nSPS) is 22.1. The summed E-state index contributed by atoms with van der Waals surface area (Å²) in [6, 6.07) is 1.90. The Morgan fingerprint density at radius 1 is 1.32 bits per heavy atom. The molecule has 118 valence electrons. The molecule has 0 saturated heterocycles. The molecule has 22 heavy (non-hydrogen) atoms. The molecule has 0 spiro atoms. The highest BCUT2D eigenvalue weighted by Crippen LogP contribution is 2.31. The smallest absolute Gasteiger partial charge is 0.266 e. The van der Waals surface area contributed by atoms with Gasteiger partial charge in [-0.3, -0.25) is 9.36 Å². The molecule has 7 heteroatoms. The summed E-state index contributed by atoms with van der Waals surface area (Å²) in [5.41, 5.74) is 7.13. The number of nitrogen functional groups attached to an aromatic ring is 1. The largest absolute Gasteiger partial charge is 0.381 e. The van der Waals surface area contributed by atoms with Gasteiger partial charge in [0, 0.05) is 18.5 Å². The average Bonchev–Trinajstić information content (AvgIpc) is 2.50. The van der Waals surface area contributed by atoms with E-state index in [9.17, 15) is 4.79 Å². The third-order valence-electron chi connectivity index (χ3n) is 4.40. The number of methoxy groups -OCH3 is 1.